The fourth-order valence-electron chi connectivity index (χ4n) is 2.05. The lowest BCUT2D eigenvalue weighted by molar-refractivity contribution is 0.0105. The fraction of sp³-hybridized carbons (Fsp3) is 0.684. The zero-order valence-corrected chi connectivity index (χ0v) is 17.1. The van der Waals surface area contributed by atoms with Gasteiger partial charge in [0, 0.05) is 13.2 Å². The van der Waals surface area contributed by atoms with Gasteiger partial charge in [0.25, 0.3) is 0 Å². The SMILES string of the molecule is COc1ccc(COC(CCO)CCO[Si](C)(C)C(C)(C)C)cc1. The molecule has 0 saturated carbocycles. The van der Waals surface area contributed by atoms with Crippen LogP contribution in [0.5, 0.6) is 5.75 Å². The van der Waals surface area contributed by atoms with Crippen molar-refractivity contribution in [2.75, 3.05) is 20.3 Å². The summed E-state index contributed by atoms with van der Waals surface area (Å²) in [6.07, 6.45) is 1.46. The average Bonchev–Trinajstić information content (AvgIpc) is 2.52. The minimum absolute atomic E-state index is 0.0156. The molecule has 138 valence electrons. The summed E-state index contributed by atoms with van der Waals surface area (Å²) >= 11 is 0. The molecule has 0 spiro atoms. The quantitative estimate of drug-likeness (QED) is 0.634. The third-order valence-electron chi connectivity index (χ3n) is 4.80. The molecule has 0 saturated heterocycles. The molecule has 0 radical (unpaired) electrons. The van der Waals surface area contributed by atoms with Crippen molar-refractivity contribution in [3.63, 3.8) is 0 Å². The maximum atomic E-state index is 9.26. The van der Waals surface area contributed by atoms with Gasteiger partial charge in [-0.3, -0.25) is 0 Å². The Kier molecular flexibility index (Phi) is 8.43. The van der Waals surface area contributed by atoms with E-state index in [0.717, 1.165) is 17.7 Å². The predicted octanol–water partition coefficient (Wildman–Crippen LogP) is 4.37. The highest BCUT2D eigenvalue weighted by atomic mass is 28.4. The molecule has 0 aliphatic rings. The van der Waals surface area contributed by atoms with Gasteiger partial charge in [-0.1, -0.05) is 32.9 Å². The molecule has 0 bridgehead atoms. The number of rotatable bonds is 10. The second-order valence-corrected chi connectivity index (χ2v) is 12.5. The van der Waals surface area contributed by atoms with Crippen molar-refractivity contribution >= 4 is 8.32 Å². The van der Waals surface area contributed by atoms with Crippen LogP contribution in [0.25, 0.3) is 0 Å². The van der Waals surface area contributed by atoms with Gasteiger partial charge in [0.05, 0.1) is 19.8 Å². The number of hydrogen-bond donors (Lipinski definition) is 1. The van der Waals surface area contributed by atoms with Crippen LogP contribution in [0.1, 0.15) is 39.2 Å². The normalized spacial score (nSPS) is 13.8. The number of ether oxygens (including phenoxy) is 2. The Morgan fingerprint density at radius 2 is 1.71 bits per heavy atom. The minimum atomic E-state index is -1.72. The van der Waals surface area contributed by atoms with Crippen LogP contribution in [0.2, 0.25) is 18.1 Å². The zero-order chi connectivity index (χ0) is 18.2. The molecule has 0 fully saturated rings. The van der Waals surface area contributed by atoms with E-state index in [2.05, 4.69) is 33.9 Å². The Bertz CT molecular complexity index is 465. The molecule has 1 atom stereocenters. The molecule has 1 aromatic carbocycles. The maximum Gasteiger partial charge on any atom is 0.191 e. The first kappa shape index (κ1) is 21.2. The van der Waals surface area contributed by atoms with Crippen LogP contribution < -0.4 is 4.74 Å². The van der Waals surface area contributed by atoms with E-state index in [1.165, 1.54) is 0 Å². The standard InChI is InChI=1S/C19H34O4Si/c1-19(2,3)24(5,6)23-14-12-18(11-13-20)22-15-16-7-9-17(21-4)10-8-16/h7-10,18,20H,11-15H2,1-6H3. The Morgan fingerprint density at radius 3 is 2.21 bits per heavy atom. The number of aliphatic hydroxyl groups is 1. The molecule has 0 amide bonds. The summed E-state index contributed by atoms with van der Waals surface area (Å²) in [6, 6.07) is 7.86. The zero-order valence-electron chi connectivity index (χ0n) is 16.1. The van der Waals surface area contributed by atoms with Gasteiger partial charge in [-0.25, -0.2) is 0 Å². The fourth-order valence-corrected chi connectivity index (χ4v) is 3.11. The molecule has 24 heavy (non-hydrogen) atoms. The average molecular weight is 355 g/mol. The van der Waals surface area contributed by atoms with Gasteiger partial charge >= 0.3 is 0 Å². The van der Waals surface area contributed by atoms with Crippen LogP contribution in [0.15, 0.2) is 24.3 Å². The Balaban J connectivity index is 2.46. The maximum absolute atomic E-state index is 9.26. The third-order valence-corrected chi connectivity index (χ3v) is 9.34. The van der Waals surface area contributed by atoms with Crippen molar-refractivity contribution < 1.29 is 19.0 Å². The van der Waals surface area contributed by atoms with E-state index >= 15 is 0 Å². The van der Waals surface area contributed by atoms with E-state index in [4.69, 9.17) is 13.9 Å². The molecule has 1 aromatic rings. The summed E-state index contributed by atoms with van der Waals surface area (Å²) in [6.45, 7) is 12.6. The molecule has 4 nitrogen and oxygen atoms in total. The van der Waals surface area contributed by atoms with E-state index in [1.807, 2.05) is 24.3 Å². The van der Waals surface area contributed by atoms with Crippen molar-refractivity contribution in [2.45, 2.75) is 64.5 Å². The summed E-state index contributed by atoms with van der Waals surface area (Å²) < 4.78 is 17.3. The first-order chi connectivity index (χ1) is 11.2. The lowest BCUT2D eigenvalue weighted by Crippen LogP contribution is -2.41. The number of aliphatic hydroxyl groups excluding tert-OH is 1. The Hall–Kier alpha value is -0.883. The Labute approximate surface area is 148 Å². The van der Waals surface area contributed by atoms with E-state index in [9.17, 15) is 5.11 Å². The molecular formula is C19H34O4Si. The summed E-state index contributed by atoms with van der Waals surface area (Å²) in [5.41, 5.74) is 1.10. The third kappa shape index (κ3) is 6.93. The van der Waals surface area contributed by atoms with E-state index in [0.29, 0.717) is 19.6 Å². The second kappa shape index (κ2) is 9.56. The van der Waals surface area contributed by atoms with Gasteiger partial charge in [0.2, 0.25) is 0 Å². The largest absolute Gasteiger partial charge is 0.497 e. The summed E-state index contributed by atoms with van der Waals surface area (Å²) in [7, 11) is -0.0662. The van der Waals surface area contributed by atoms with E-state index < -0.39 is 8.32 Å². The van der Waals surface area contributed by atoms with E-state index in [-0.39, 0.29) is 17.7 Å². The number of hydrogen-bond acceptors (Lipinski definition) is 4. The van der Waals surface area contributed by atoms with Gasteiger partial charge in [-0.15, -0.1) is 0 Å². The molecule has 1 rings (SSSR count). The van der Waals surface area contributed by atoms with Crippen molar-refractivity contribution in [1.82, 2.24) is 0 Å². The molecule has 0 aliphatic heterocycles. The van der Waals surface area contributed by atoms with Crippen LogP contribution in [0, 0.1) is 0 Å². The highest BCUT2D eigenvalue weighted by molar-refractivity contribution is 6.74. The molecule has 5 heteroatoms. The highest BCUT2D eigenvalue weighted by Gasteiger charge is 2.37. The van der Waals surface area contributed by atoms with Gasteiger partial charge in [0.15, 0.2) is 8.32 Å². The highest BCUT2D eigenvalue weighted by Crippen LogP contribution is 2.36. The molecule has 0 aromatic heterocycles. The van der Waals surface area contributed by atoms with Gasteiger partial charge < -0.3 is 19.0 Å². The van der Waals surface area contributed by atoms with Gasteiger partial charge in [-0.2, -0.15) is 0 Å². The topological polar surface area (TPSA) is 47.9 Å². The van der Waals surface area contributed by atoms with Crippen LogP contribution >= 0.6 is 0 Å². The summed E-state index contributed by atoms with van der Waals surface area (Å²) in [4.78, 5) is 0. The van der Waals surface area contributed by atoms with Crippen LogP contribution in [-0.4, -0.2) is 39.9 Å². The predicted molar refractivity (Wildman–Crippen MR) is 101 cm³/mol. The van der Waals surface area contributed by atoms with Crippen molar-refractivity contribution in [3.05, 3.63) is 29.8 Å². The number of benzene rings is 1. The van der Waals surface area contributed by atoms with E-state index in [1.54, 1.807) is 7.11 Å². The lowest BCUT2D eigenvalue weighted by Gasteiger charge is -2.36. The first-order valence-corrected chi connectivity index (χ1v) is 11.6. The van der Waals surface area contributed by atoms with Gasteiger partial charge in [-0.05, 0) is 48.7 Å². The second-order valence-electron chi connectivity index (χ2n) is 7.69. The minimum Gasteiger partial charge on any atom is -0.497 e. The number of methoxy groups -OCH3 is 1. The first-order valence-electron chi connectivity index (χ1n) is 8.69. The van der Waals surface area contributed by atoms with Gasteiger partial charge in [0.1, 0.15) is 5.75 Å². The van der Waals surface area contributed by atoms with Crippen molar-refractivity contribution in [2.24, 2.45) is 0 Å². The molecule has 0 heterocycles. The van der Waals surface area contributed by atoms with Crippen LogP contribution in [-0.2, 0) is 15.8 Å². The monoisotopic (exact) mass is 354 g/mol. The Morgan fingerprint density at radius 1 is 1.08 bits per heavy atom. The molecular weight excluding hydrogens is 320 g/mol. The summed E-state index contributed by atoms with van der Waals surface area (Å²) in [5.74, 6) is 0.841. The molecule has 0 aliphatic carbocycles. The smallest absolute Gasteiger partial charge is 0.191 e. The van der Waals surface area contributed by atoms with Crippen molar-refractivity contribution in [3.8, 4) is 5.75 Å². The lowest BCUT2D eigenvalue weighted by atomic mass is 10.2. The molecule has 1 N–H and O–H groups in total. The van der Waals surface area contributed by atoms with Crippen LogP contribution in [0.4, 0.5) is 0 Å². The van der Waals surface area contributed by atoms with Crippen molar-refractivity contribution in [1.29, 1.82) is 0 Å². The van der Waals surface area contributed by atoms with Crippen LogP contribution in [0.3, 0.4) is 0 Å². The summed E-state index contributed by atoms with van der Waals surface area (Å²) in [5, 5.41) is 9.47. The molecule has 1 unspecified atom stereocenters.